The summed E-state index contributed by atoms with van der Waals surface area (Å²) in [5, 5.41) is 9.53. The van der Waals surface area contributed by atoms with Gasteiger partial charge in [-0.05, 0) is 25.5 Å². The molecule has 3 rings (SSSR count). The normalized spacial score (nSPS) is 20.0. The first-order valence-electron chi connectivity index (χ1n) is 8.61. The molecule has 1 saturated heterocycles. The van der Waals surface area contributed by atoms with Gasteiger partial charge in [-0.15, -0.1) is 0 Å². The van der Waals surface area contributed by atoms with E-state index in [0.717, 1.165) is 5.52 Å². The minimum Gasteiger partial charge on any atom is -0.481 e. The number of para-hydroxylation sites is 2. The highest BCUT2D eigenvalue weighted by molar-refractivity contribution is 5.83. The molecule has 1 fully saturated rings. The molecule has 1 N–H and O–H groups in total. The van der Waals surface area contributed by atoms with Gasteiger partial charge in [0.05, 0.1) is 17.6 Å². The Morgan fingerprint density at radius 2 is 1.88 bits per heavy atom. The molecule has 1 aliphatic heterocycles. The molecule has 0 saturated carbocycles. The number of aromatic nitrogens is 2. The van der Waals surface area contributed by atoms with Crippen LogP contribution in [-0.4, -0.2) is 57.8 Å². The van der Waals surface area contributed by atoms with Crippen molar-refractivity contribution < 1.29 is 19.4 Å². The maximum atomic E-state index is 12.7. The number of likely N-dealkylation sites (tertiary alicyclic amines) is 1. The van der Waals surface area contributed by atoms with Crippen molar-refractivity contribution in [3.05, 3.63) is 34.7 Å². The molecule has 2 heterocycles. The van der Waals surface area contributed by atoms with Crippen LogP contribution in [0.5, 0.6) is 0 Å². The summed E-state index contributed by atoms with van der Waals surface area (Å²) in [5.41, 5.74) is 0.177. The lowest BCUT2D eigenvalue weighted by molar-refractivity contribution is -0.151. The molecule has 1 aliphatic rings. The Bertz CT molecular complexity index is 900. The summed E-state index contributed by atoms with van der Waals surface area (Å²) in [6.07, 6.45) is 0.341. The predicted octanol–water partition coefficient (Wildman–Crippen LogP) is 0.773. The molecule has 1 unspecified atom stereocenters. The van der Waals surface area contributed by atoms with E-state index in [-0.39, 0.29) is 31.3 Å². The van der Waals surface area contributed by atoms with Gasteiger partial charge in [0, 0.05) is 26.7 Å². The average Bonchev–Trinajstić information content (AvgIpc) is 3.17. The average molecular weight is 361 g/mol. The molecule has 8 heteroatoms. The van der Waals surface area contributed by atoms with Crippen LogP contribution in [0.4, 0.5) is 0 Å². The minimum absolute atomic E-state index is 0.0568. The van der Waals surface area contributed by atoms with Crippen molar-refractivity contribution >= 4 is 22.9 Å². The quantitative estimate of drug-likeness (QED) is 0.820. The van der Waals surface area contributed by atoms with Gasteiger partial charge in [-0.1, -0.05) is 12.1 Å². The van der Waals surface area contributed by atoms with Crippen LogP contribution in [0, 0.1) is 5.41 Å². The lowest BCUT2D eigenvalue weighted by atomic mass is 9.88. The highest BCUT2D eigenvalue weighted by Crippen LogP contribution is 2.31. The lowest BCUT2D eigenvalue weighted by Crippen LogP contribution is -2.41. The van der Waals surface area contributed by atoms with Crippen LogP contribution < -0.4 is 5.69 Å². The molecule has 0 radical (unpaired) electrons. The molecule has 1 amide bonds. The molecule has 1 aromatic heterocycles. The number of rotatable bonds is 6. The number of imidazole rings is 1. The van der Waals surface area contributed by atoms with E-state index in [1.54, 1.807) is 4.57 Å². The van der Waals surface area contributed by atoms with Crippen LogP contribution in [0.2, 0.25) is 0 Å². The summed E-state index contributed by atoms with van der Waals surface area (Å²) in [7, 11) is 1.45. The van der Waals surface area contributed by atoms with Gasteiger partial charge in [0.25, 0.3) is 0 Å². The molecule has 0 spiro atoms. The van der Waals surface area contributed by atoms with Gasteiger partial charge < -0.3 is 14.7 Å². The maximum absolute atomic E-state index is 12.7. The maximum Gasteiger partial charge on any atom is 0.329 e. The number of carbonyl (C=O) groups excluding carboxylic acids is 1. The third-order valence-corrected chi connectivity index (χ3v) is 5.12. The Balaban J connectivity index is 1.86. The summed E-state index contributed by atoms with van der Waals surface area (Å²) in [4.78, 5) is 38.5. The van der Waals surface area contributed by atoms with Gasteiger partial charge in [0.15, 0.2) is 0 Å². The zero-order chi connectivity index (χ0) is 18.9. The van der Waals surface area contributed by atoms with E-state index in [2.05, 4.69) is 0 Å². The molecular weight excluding hydrogens is 338 g/mol. The molecule has 8 nitrogen and oxygen atoms in total. The molecule has 0 aliphatic carbocycles. The monoisotopic (exact) mass is 361 g/mol. The van der Waals surface area contributed by atoms with E-state index in [0.29, 0.717) is 25.0 Å². The van der Waals surface area contributed by atoms with Gasteiger partial charge in [0.2, 0.25) is 5.91 Å². The van der Waals surface area contributed by atoms with Crippen molar-refractivity contribution in [2.45, 2.75) is 26.4 Å². The van der Waals surface area contributed by atoms with Crippen molar-refractivity contribution in [2.75, 3.05) is 26.8 Å². The Labute approximate surface area is 150 Å². The third-order valence-electron chi connectivity index (χ3n) is 5.12. The number of hydrogen-bond acceptors (Lipinski definition) is 4. The van der Waals surface area contributed by atoms with E-state index in [1.165, 1.54) is 16.6 Å². The van der Waals surface area contributed by atoms with Crippen molar-refractivity contribution in [3.63, 3.8) is 0 Å². The van der Waals surface area contributed by atoms with Crippen LogP contribution in [-0.2, 0) is 27.4 Å². The van der Waals surface area contributed by atoms with Gasteiger partial charge >= 0.3 is 11.7 Å². The van der Waals surface area contributed by atoms with Crippen LogP contribution in [0.1, 0.15) is 13.3 Å². The third kappa shape index (κ3) is 2.90. The summed E-state index contributed by atoms with van der Waals surface area (Å²) < 4.78 is 8.13. The Morgan fingerprint density at radius 3 is 2.46 bits per heavy atom. The first-order valence-corrected chi connectivity index (χ1v) is 8.61. The number of hydrogen-bond donors (Lipinski definition) is 1. The summed E-state index contributed by atoms with van der Waals surface area (Å²) >= 11 is 0. The largest absolute Gasteiger partial charge is 0.481 e. The van der Waals surface area contributed by atoms with Crippen molar-refractivity contribution in [2.24, 2.45) is 5.41 Å². The second-order valence-corrected chi connectivity index (χ2v) is 6.69. The number of methoxy groups -OCH3 is 1. The molecule has 26 heavy (non-hydrogen) atoms. The van der Waals surface area contributed by atoms with Crippen LogP contribution in [0.15, 0.2) is 29.1 Å². The lowest BCUT2D eigenvalue weighted by Gasteiger charge is -2.23. The highest BCUT2D eigenvalue weighted by atomic mass is 16.5. The van der Waals surface area contributed by atoms with E-state index < -0.39 is 11.4 Å². The first kappa shape index (κ1) is 18.2. The standard InChI is InChI=1S/C18H23N3O5/c1-3-20-13-6-4-5-7-14(13)21(17(20)25)10-15(22)19-9-8-18(11-19,12-26-2)16(23)24/h4-7H,3,8-12H2,1-2H3,(H,23,24). The fourth-order valence-corrected chi connectivity index (χ4v) is 3.68. The van der Waals surface area contributed by atoms with Crippen LogP contribution in [0.3, 0.4) is 0 Å². The van der Waals surface area contributed by atoms with E-state index in [1.807, 2.05) is 31.2 Å². The number of carbonyl (C=O) groups is 2. The first-order chi connectivity index (χ1) is 12.4. The Kier molecular flexibility index (Phi) is 4.86. The number of fused-ring (bicyclic) bond motifs is 1. The van der Waals surface area contributed by atoms with Crippen LogP contribution >= 0.6 is 0 Å². The summed E-state index contributed by atoms with van der Waals surface area (Å²) in [5.74, 6) is -1.22. The number of aryl methyl sites for hydroxylation is 1. The van der Waals surface area contributed by atoms with Gasteiger partial charge in [-0.3, -0.25) is 18.7 Å². The summed E-state index contributed by atoms with van der Waals surface area (Å²) in [6.45, 7) is 2.79. The van der Waals surface area contributed by atoms with E-state index >= 15 is 0 Å². The second kappa shape index (κ2) is 6.95. The Hall–Kier alpha value is -2.61. The minimum atomic E-state index is -1.08. The summed E-state index contributed by atoms with van der Waals surface area (Å²) in [6, 6.07) is 7.34. The van der Waals surface area contributed by atoms with Gasteiger partial charge in [0.1, 0.15) is 12.0 Å². The fourth-order valence-electron chi connectivity index (χ4n) is 3.68. The molecule has 1 aromatic carbocycles. The molecule has 0 bridgehead atoms. The number of aliphatic carboxylic acids is 1. The number of ether oxygens (including phenoxy) is 1. The van der Waals surface area contributed by atoms with Gasteiger partial charge in [-0.25, -0.2) is 4.79 Å². The topological polar surface area (TPSA) is 93.8 Å². The fraction of sp³-hybridized carbons (Fsp3) is 0.500. The number of amides is 1. The van der Waals surface area contributed by atoms with E-state index in [9.17, 15) is 19.5 Å². The van der Waals surface area contributed by atoms with Crippen molar-refractivity contribution in [1.82, 2.24) is 14.0 Å². The molecule has 1 atom stereocenters. The van der Waals surface area contributed by atoms with Crippen molar-refractivity contribution in [1.29, 1.82) is 0 Å². The molecule has 140 valence electrons. The number of carboxylic acid groups (broad SMARTS) is 1. The zero-order valence-corrected chi connectivity index (χ0v) is 15.0. The molecule has 2 aromatic rings. The number of benzene rings is 1. The van der Waals surface area contributed by atoms with E-state index in [4.69, 9.17) is 4.74 Å². The van der Waals surface area contributed by atoms with Crippen molar-refractivity contribution in [3.8, 4) is 0 Å². The molecular formula is C18H23N3O5. The highest BCUT2D eigenvalue weighted by Gasteiger charge is 2.46. The second-order valence-electron chi connectivity index (χ2n) is 6.69. The predicted molar refractivity (Wildman–Crippen MR) is 95.0 cm³/mol. The van der Waals surface area contributed by atoms with Gasteiger partial charge in [-0.2, -0.15) is 0 Å². The Morgan fingerprint density at radius 1 is 1.23 bits per heavy atom. The number of carboxylic acids is 1. The van der Waals surface area contributed by atoms with Crippen LogP contribution in [0.25, 0.3) is 11.0 Å². The smallest absolute Gasteiger partial charge is 0.329 e. The zero-order valence-electron chi connectivity index (χ0n) is 15.0. The SMILES string of the molecule is CCn1c(=O)n(CC(=O)N2CCC(COC)(C(=O)O)C2)c2ccccc21. The number of nitrogens with zero attached hydrogens (tertiary/aromatic N) is 3.